The van der Waals surface area contributed by atoms with Crippen LogP contribution in [0.1, 0.15) is 55.7 Å². The van der Waals surface area contributed by atoms with Crippen LogP contribution in [-0.4, -0.2) is 55.0 Å². The molecule has 2 heterocycles. The van der Waals surface area contributed by atoms with Crippen LogP contribution in [-0.2, 0) is 15.1 Å². The Morgan fingerprint density at radius 2 is 1.27 bits per heavy atom. The molecular formula is C38H46N4O2. The highest BCUT2D eigenvalue weighted by atomic mass is 16.2. The summed E-state index contributed by atoms with van der Waals surface area (Å²) in [5, 5.41) is 10.2. The molecule has 7 unspecified atom stereocenters. The van der Waals surface area contributed by atoms with E-state index in [2.05, 4.69) is 112 Å². The predicted molar refractivity (Wildman–Crippen MR) is 174 cm³/mol. The summed E-state index contributed by atoms with van der Waals surface area (Å²) in [6, 6.07) is 33.0. The SMILES string of the molecule is CC(CC(=O)NC1CCC2CNCC21)C(=O)NC1CCC2CN(C(c3ccccc3)(c3ccccc3)c3ccccc3)CC21. The molecule has 44 heavy (non-hydrogen) atoms. The van der Waals surface area contributed by atoms with Crippen molar-refractivity contribution in [3.8, 4) is 0 Å². The maximum absolute atomic E-state index is 13.5. The molecule has 2 aliphatic carbocycles. The monoisotopic (exact) mass is 590 g/mol. The lowest BCUT2D eigenvalue weighted by Crippen LogP contribution is -2.49. The number of nitrogens with zero attached hydrogens (tertiary/aromatic N) is 1. The minimum absolute atomic E-state index is 0.0107. The summed E-state index contributed by atoms with van der Waals surface area (Å²) in [4.78, 5) is 29.1. The molecule has 4 fully saturated rings. The van der Waals surface area contributed by atoms with E-state index in [-0.39, 0.29) is 36.2 Å². The summed E-state index contributed by atoms with van der Waals surface area (Å²) in [5.41, 5.74) is 3.36. The quantitative estimate of drug-likeness (QED) is 0.309. The van der Waals surface area contributed by atoms with Gasteiger partial charge in [0.25, 0.3) is 0 Å². The van der Waals surface area contributed by atoms with Gasteiger partial charge in [-0.3, -0.25) is 14.5 Å². The number of hydrogen-bond donors (Lipinski definition) is 3. The number of carbonyl (C=O) groups excluding carboxylic acids is 2. The van der Waals surface area contributed by atoms with Gasteiger partial charge in [-0.25, -0.2) is 0 Å². The molecule has 6 heteroatoms. The molecule has 2 aliphatic heterocycles. The minimum atomic E-state index is -0.428. The fraction of sp³-hybridized carbons (Fsp3) is 0.474. The van der Waals surface area contributed by atoms with Crippen LogP contribution in [0.15, 0.2) is 91.0 Å². The second-order valence-electron chi connectivity index (χ2n) is 13.8. The van der Waals surface area contributed by atoms with Crippen molar-refractivity contribution in [1.29, 1.82) is 0 Å². The molecule has 4 aliphatic rings. The van der Waals surface area contributed by atoms with Crippen LogP contribution in [0.4, 0.5) is 0 Å². The Kier molecular flexibility index (Phi) is 8.30. The van der Waals surface area contributed by atoms with Crippen molar-refractivity contribution in [3.63, 3.8) is 0 Å². The summed E-state index contributed by atoms with van der Waals surface area (Å²) in [7, 11) is 0. The van der Waals surface area contributed by atoms with E-state index in [9.17, 15) is 9.59 Å². The van der Waals surface area contributed by atoms with Crippen LogP contribution in [0.3, 0.4) is 0 Å². The summed E-state index contributed by atoms with van der Waals surface area (Å²) in [5.74, 6) is 1.80. The molecule has 2 amide bonds. The van der Waals surface area contributed by atoms with Gasteiger partial charge in [0.05, 0.1) is 5.54 Å². The number of benzene rings is 3. The van der Waals surface area contributed by atoms with Gasteiger partial charge in [-0.2, -0.15) is 0 Å². The number of hydrogen-bond acceptors (Lipinski definition) is 4. The van der Waals surface area contributed by atoms with Gasteiger partial charge in [0, 0.05) is 44.1 Å². The lowest BCUT2D eigenvalue weighted by molar-refractivity contribution is -0.130. The second-order valence-corrected chi connectivity index (χ2v) is 13.8. The molecule has 0 radical (unpaired) electrons. The lowest BCUT2D eigenvalue weighted by Gasteiger charge is -2.44. The molecule has 2 saturated carbocycles. The molecule has 0 spiro atoms. The van der Waals surface area contributed by atoms with Gasteiger partial charge in [-0.05, 0) is 72.6 Å². The summed E-state index contributed by atoms with van der Waals surface area (Å²) in [6.07, 6.45) is 4.59. The molecule has 230 valence electrons. The summed E-state index contributed by atoms with van der Waals surface area (Å²) < 4.78 is 0. The van der Waals surface area contributed by atoms with Crippen LogP contribution in [0, 0.1) is 29.6 Å². The zero-order valence-corrected chi connectivity index (χ0v) is 25.8. The van der Waals surface area contributed by atoms with Gasteiger partial charge in [-0.1, -0.05) is 97.9 Å². The molecule has 2 saturated heterocycles. The number of amides is 2. The number of carbonyl (C=O) groups is 2. The third kappa shape index (κ3) is 5.37. The highest BCUT2D eigenvalue weighted by Crippen LogP contribution is 2.49. The number of rotatable bonds is 9. The Bertz CT molecular complexity index is 1330. The molecule has 7 atom stereocenters. The van der Waals surface area contributed by atoms with E-state index in [0.717, 1.165) is 45.4 Å². The average Bonchev–Trinajstić information content (AvgIpc) is 3.84. The van der Waals surface area contributed by atoms with Gasteiger partial charge < -0.3 is 16.0 Å². The maximum Gasteiger partial charge on any atom is 0.223 e. The summed E-state index contributed by atoms with van der Waals surface area (Å²) in [6.45, 7) is 5.85. The number of likely N-dealkylation sites (tertiary alicyclic amines) is 1. The van der Waals surface area contributed by atoms with Gasteiger partial charge in [0.1, 0.15) is 0 Å². The zero-order chi connectivity index (χ0) is 30.1. The first kappa shape index (κ1) is 29.2. The molecule has 0 aromatic heterocycles. The third-order valence-corrected chi connectivity index (χ3v) is 11.3. The zero-order valence-electron chi connectivity index (χ0n) is 25.8. The van der Waals surface area contributed by atoms with Gasteiger partial charge in [-0.15, -0.1) is 0 Å². The first-order valence-corrected chi connectivity index (χ1v) is 16.8. The smallest absolute Gasteiger partial charge is 0.223 e. The van der Waals surface area contributed by atoms with Crippen LogP contribution in [0.2, 0.25) is 0 Å². The van der Waals surface area contributed by atoms with E-state index in [1.165, 1.54) is 23.1 Å². The highest BCUT2D eigenvalue weighted by Gasteiger charge is 2.51. The van der Waals surface area contributed by atoms with Crippen molar-refractivity contribution in [2.45, 2.75) is 56.7 Å². The Balaban J connectivity index is 1.07. The van der Waals surface area contributed by atoms with E-state index in [0.29, 0.717) is 23.7 Å². The third-order valence-electron chi connectivity index (χ3n) is 11.3. The fourth-order valence-corrected chi connectivity index (χ4v) is 9.09. The topological polar surface area (TPSA) is 73.5 Å². The Morgan fingerprint density at radius 3 is 1.86 bits per heavy atom. The predicted octanol–water partition coefficient (Wildman–Crippen LogP) is 4.95. The summed E-state index contributed by atoms with van der Waals surface area (Å²) >= 11 is 0. The van der Waals surface area contributed by atoms with Crippen molar-refractivity contribution in [2.24, 2.45) is 29.6 Å². The Labute approximate surface area is 262 Å². The maximum atomic E-state index is 13.5. The second kappa shape index (κ2) is 12.5. The molecule has 6 nitrogen and oxygen atoms in total. The van der Waals surface area contributed by atoms with Crippen LogP contribution >= 0.6 is 0 Å². The van der Waals surface area contributed by atoms with Crippen molar-refractivity contribution in [2.75, 3.05) is 26.2 Å². The molecule has 3 aromatic carbocycles. The van der Waals surface area contributed by atoms with Crippen molar-refractivity contribution < 1.29 is 9.59 Å². The molecule has 3 N–H and O–H groups in total. The van der Waals surface area contributed by atoms with Crippen LogP contribution in [0.5, 0.6) is 0 Å². The first-order valence-electron chi connectivity index (χ1n) is 16.8. The van der Waals surface area contributed by atoms with Crippen LogP contribution in [0.25, 0.3) is 0 Å². The van der Waals surface area contributed by atoms with Crippen LogP contribution < -0.4 is 16.0 Å². The van der Waals surface area contributed by atoms with Gasteiger partial charge in [0.15, 0.2) is 0 Å². The molecule has 3 aromatic rings. The highest BCUT2D eigenvalue weighted by molar-refractivity contribution is 5.85. The van der Waals surface area contributed by atoms with E-state index < -0.39 is 5.54 Å². The average molecular weight is 591 g/mol. The molecular weight excluding hydrogens is 544 g/mol. The van der Waals surface area contributed by atoms with E-state index in [1.54, 1.807) is 0 Å². The van der Waals surface area contributed by atoms with E-state index in [1.807, 2.05) is 6.92 Å². The minimum Gasteiger partial charge on any atom is -0.353 e. The van der Waals surface area contributed by atoms with Gasteiger partial charge >= 0.3 is 0 Å². The normalized spacial score (nSPS) is 28.8. The van der Waals surface area contributed by atoms with Crippen molar-refractivity contribution in [3.05, 3.63) is 108 Å². The van der Waals surface area contributed by atoms with E-state index >= 15 is 0 Å². The Morgan fingerprint density at radius 1 is 0.727 bits per heavy atom. The molecule has 0 bridgehead atoms. The number of fused-ring (bicyclic) bond motifs is 2. The number of nitrogens with one attached hydrogen (secondary N) is 3. The van der Waals surface area contributed by atoms with Gasteiger partial charge in [0.2, 0.25) is 11.8 Å². The fourth-order valence-electron chi connectivity index (χ4n) is 9.09. The van der Waals surface area contributed by atoms with Crippen molar-refractivity contribution >= 4 is 11.8 Å². The van der Waals surface area contributed by atoms with Crippen molar-refractivity contribution in [1.82, 2.24) is 20.9 Å². The molecule has 7 rings (SSSR count). The largest absolute Gasteiger partial charge is 0.353 e. The Hall–Kier alpha value is -3.48. The standard InChI is InChI=1S/C38H46N4O2/c1-26(21-36(43)40-34-19-17-27-22-39-23-32(27)34)37(44)41-35-20-18-28-24-42(25-33(28)35)38(29-11-5-2-6-12-29,30-13-7-3-8-14-30)31-15-9-4-10-16-31/h2-16,26-28,32-35,39H,17-25H2,1H3,(H,40,43)(H,41,44). The van der Waals surface area contributed by atoms with E-state index in [4.69, 9.17) is 0 Å². The lowest BCUT2D eigenvalue weighted by atomic mass is 9.75. The first-order chi connectivity index (χ1) is 21.5.